The van der Waals surface area contributed by atoms with E-state index in [1.165, 1.54) is 12.1 Å². The van der Waals surface area contributed by atoms with Gasteiger partial charge in [0.1, 0.15) is 11.6 Å². The Morgan fingerprint density at radius 2 is 2.22 bits per heavy atom. The van der Waals surface area contributed by atoms with Crippen LogP contribution in [0.1, 0.15) is 30.8 Å². The van der Waals surface area contributed by atoms with Crippen molar-refractivity contribution in [2.24, 2.45) is 5.73 Å². The molecular formula is C13H15BrFN3. The number of benzene rings is 1. The van der Waals surface area contributed by atoms with Gasteiger partial charge in [0, 0.05) is 23.4 Å². The van der Waals surface area contributed by atoms with Gasteiger partial charge in [-0.25, -0.2) is 9.37 Å². The van der Waals surface area contributed by atoms with Gasteiger partial charge in [-0.15, -0.1) is 0 Å². The number of aryl methyl sites for hydroxylation is 1. The highest BCUT2D eigenvalue weighted by molar-refractivity contribution is 9.10. The molecular weight excluding hydrogens is 297 g/mol. The topological polar surface area (TPSA) is 43.8 Å². The highest BCUT2D eigenvalue weighted by Crippen LogP contribution is 2.23. The molecule has 1 aromatic carbocycles. The van der Waals surface area contributed by atoms with Crippen molar-refractivity contribution in [3.8, 4) is 0 Å². The Morgan fingerprint density at radius 1 is 1.44 bits per heavy atom. The standard InChI is InChI=1S/C13H15BrFN3/c1-2-4-18-5-3-17-13(18)12(16)9-6-10(14)8-11(15)7-9/h3,5-8,12H,2,4,16H2,1H3. The van der Waals surface area contributed by atoms with Gasteiger partial charge in [0.05, 0.1) is 6.04 Å². The number of hydrogen-bond acceptors (Lipinski definition) is 2. The molecule has 0 bridgehead atoms. The average molecular weight is 312 g/mol. The second-order valence-corrected chi connectivity index (χ2v) is 5.07. The Hall–Kier alpha value is -1.20. The lowest BCUT2D eigenvalue weighted by Crippen LogP contribution is -2.18. The monoisotopic (exact) mass is 311 g/mol. The van der Waals surface area contributed by atoms with E-state index in [0.717, 1.165) is 18.8 Å². The highest BCUT2D eigenvalue weighted by Gasteiger charge is 2.15. The minimum Gasteiger partial charge on any atom is -0.333 e. The van der Waals surface area contributed by atoms with Crippen molar-refractivity contribution < 1.29 is 4.39 Å². The third-order valence-corrected chi connectivity index (χ3v) is 3.19. The summed E-state index contributed by atoms with van der Waals surface area (Å²) in [6, 6.07) is 4.26. The quantitative estimate of drug-likeness (QED) is 0.942. The van der Waals surface area contributed by atoms with Gasteiger partial charge < -0.3 is 10.3 Å². The maximum absolute atomic E-state index is 13.4. The molecule has 0 aliphatic heterocycles. The molecule has 0 saturated heterocycles. The molecule has 2 rings (SSSR count). The van der Waals surface area contributed by atoms with Crippen molar-refractivity contribution in [1.29, 1.82) is 0 Å². The van der Waals surface area contributed by atoms with Crippen LogP contribution in [-0.4, -0.2) is 9.55 Å². The van der Waals surface area contributed by atoms with Crippen LogP contribution in [0.15, 0.2) is 35.1 Å². The van der Waals surface area contributed by atoms with Crippen LogP contribution in [0.2, 0.25) is 0 Å². The molecule has 2 aromatic rings. The van der Waals surface area contributed by atoms with Gasteiger partial charge in [0.25, 0.3) is 0 Å². The zero-order valence-corrected chi connectivity index (χ0v) is 11.7. The molecule has 96 valence electrons. The zero-order valence-electron chi connectivity index (χ0n) is 10.1. The lowest BCUT2D eigenvalue weighted by atomic mass is 10.1. The fourth-order valence-corrected chi connectivity index (χ4v) is 2.42. The molecule has 1 heterocycles. The summed E-state index contributed by atoms with van der Waals surface area (Å²) in [5, 5.41) is 0. The number of rotatable bonds is 4. The van der Waals surface area contributed by atoms with Gasteiger partial charge >= 0.3 is 0 Å². The van der Waals surface area contributed by atoms with Crippen molar-refractivity contribution >= 4 is 15.9 Å². The molecule has 5 heteroatoms. The van der Waals surface area contributed by atoms with Crippen molar-refractivity contribution in [2.75, 3.05) is 0 Å². The largest absolute Gasteiger partial charge is 0.333 e. The van der Waals surface area contributed by atoms with E-state index >= 15 is 0 Å². The van der Waals surface area contributed by atoms with Crippen LogP contribution in [0, 0.1) is 5.82 Å². The van der Waals surface area contributed by atoms with E-state index in [0.29, 0.717) is 10.0 Å². The van der Waals surface area contributed by atoms with Gasteiger partial charge in [-0.2, -0.15) is 0 Å². The number of nitrogens with two attached hydrogens (primary N) is 1. The molecule has 18 heavy (non-hydrogen) atoms. The smallest absolute Gasteiger partial charge is 0.130 e. The second-order valence-electron chi connectivity index (χ2n) is 4.16. The molecule has 0 aliphatic carbocycles. The number of hydrogen-bond donors (Lipinski definition) is 1. The SMILES string of the molecule is CCCn1ccnc1C(N)c1cc(F)cc(Br)c1. The van der Waals surface area contributed by atoms with Crippen LogP contribution in [0.4, 0.5) is 4.39 Å². The van der Waals surface area contributed by atoms with Gasteiger partial charge in [-0.3, -0.25) is 0 Å². The molecule has 0 fully saturated rings. The Kier molecular flexibility index (Phi) is 4.14. The first-order chi connectivity index (χ1) is 8.61. The normalized spacial score (nSPS) is 12.7. The maximum Gasteiger partial charge on any atom is 0.130 e. The summed E-state index contributed by atoms with van der Waals surface area (Å²) in [4.78, 5) is 4.27. The minimum atomic E-state index is -0.418. The van der Waals surface area contributed by atoms with E-state index in [9.17, 15) is 4.39 Å². The molecule has 3 nitrogen and oxygen atoms in total. The van der Waals surface area contributed by atoms with Crippen LogP contribution < -0.4 is 5.73 Å². The zero-order chi connectivity index (χ0) is 13.1. The molecule has 0 amide bonds. The highest BCUT2D eigenvalue weighted by atomic mass is 79.9. The third kappa shape index (κ3) is 2.79. The molecule has 0 radical (unpaired) electrons. The fourth-order valence-electron chi connectivity index (χ4n) is 1.93. The number of aromatic nitrogens is 2. The van der Waals surface area contributed by atoms with Gasteiger partial charge in [0.15, 0.2) is 0 Å². The Labute approximate surface area is 114 Å². The van der Waals surface area contributed by atoms with E-state index in [1.54, 1.807) is 6.20 Å². The maximum atomic E-state index is 13.4. The van der Waals surface area contributed by atoms with Crippen LogP contribution in [0.3, 0.4) is 0 Å². The van der Waals surface area contributed by atoms with E-state index < -0.39 is 6.04 Å². The van der Waals surface area contributed by atoms with E-state index in [2.05, 4.69) is 27.8 Å². The number of imidazole rings is 1. The van der Waals surface area contributed by atoms with Crippen molar-refractivity contribution in [3.05, 3.63) is 52.3 Å². The van der Waals surface area contributed by atoms with Gasteiger partial charge in [0.2, 0.25) is 0 Å². The Bertz CT molecular complexity index is 519. The Balaban J connectivity index is 2.34. The molecule has 0 aliphatic rings. The molecule has 1 aromatic heterocycles. The summed E-state index contributed by atoms with van der Waals surface area (Å²) in [7, 11) is 0. The summed E-state index contributed by atoms with van der Waals surface area (Å²) < 4.78 is 16.1. The fraction of sp³-hybridized carbons (Fsp3) is 0.308. The summed E-state index contributed by atoms with van der Waals surface area (Å²) in [6.45, 7) is 2.95. The van der Waals surface area contributed by atoms with E-state index in [-0.39, 0.29) is 5.82 Å². The first kappa shape index (κ1) is 13.2. The predicted octanol–water partition coefficient (Wildman–Crippen LogP) is 3.24. The molecule has 1 unspecified atom stereocenters. The van der Waals surface area contributed by atoms with E-state index in [4.69, 9.17) is 5.73 Å². The summed E-state index contributed by atoms with van der Waals surface area (Å²) >= 11 is 3.27. The first-order valence-electron chi connectivity index (χ1n) is 5.84. The molecule has 1 atom stereocenters. The van der Waals surface area contributed by atoms with Crippen molar-refractivity contribution in [3.63, 3.8) is 0 Å². The first-order valence-corrected chi connectivity index (χ1v) is 6.63. The van der Waals surface area contributed by atoms with Crippen LogP contribution in [0.25, 0.3) is 0 Å². The number of halogens is 2. The summed E-state index contributed by atoms with van der Waals surface area (Å²) in [5.41, 5.74) is 6.87. The van der Waals surface area contributed by atoms with Crippen molar-refractivity contribution in [1.82, 2.24) is 9.55 Å². The summed E-state index contributed by atoms with van der Waals surface area (Å²) in [5.74, 6) is 0.456. The number of nitrogens with zero attached hydrogens (tertiary/aromatic N) is 2. The van der Waals surface area contributed by atoms with Gasteiger partial charge in [-0.05, 0) is 30.2 Å². The average Bonchev–Trinajstić information content (AvgIpc) is 2.75. The second kappa shape index (κ2) is 5.63. The lowest BCUT2D eigenvalue weighted by molar-refractivity contribution is 0.602. The van der Waals surface area contributed by atoms with Gasteiger partial charge in [-0.1, -0.05) is 22.9 Å². The minimum absolute atomic E-state index is 0.302. The van der Waals surface area contributed by atoms with Crippen molar-refractivity contribution in [2.45, 2.75) is 25.9 Å². The van der Waals surface area contributed by atoms with Crippen LogP contribution in [-0.2, 0) is 6.54 Å². The van der Waals surface area contributed by atoms with E-state index in [1.807, 2.05) is 16.8 Å². The van der Waals surface area contributed by atoms with Crippen LogP contribution >= 0.6 is 15.9 Å². The van der Waals surface area contributed by atoms with Crippen LogP contribution in [0.5, 0.6) is 0 Å². The predicted molar refractivity (Wildman–Crippen MR) is 72.6 cm³/mol. The lowest BCUT2D eigenvalue weighted by Gasteiger charge is -2.14. The molecule has 0 spiro atoms. The summed E-state index contributed by atoms with van der Waals surface area (Å²) in [6.07, 6.45) is 4.62. The third-order valence-electron chi connectivity index (χ3n) is 2.73. The molecule has 2 N–H and O–H groups in total. The molecule has 0 saturated carbocycles. The Morgan fingerprint density at radius 3 is 2.89 bits per heavy atom.